The van der Waals surface area contributed by atoms with Crippen LogP contribution in [-0.2, 0) is 4.79 Å². The summed E-state index contributed by atoms with van der Waals surface area (Å²) < 4.78 is 0. The number of aromatic amines is 1. The highest BCUT2D eigenvalue weighted by Crippen LogP contribution is 2.36. The SMILES string of the molecule is O=C(N[C@@H]1C(=O)Nc2nc(N3CCCCC3)[nH]c(=O)c2[C@@H]1c1cccc([N+](=O)[O-])c1)c1ccccc1. The van der Waals surface area contributed by atoms with Crippen LogP contribution in [0.1, 0.15) is 46.7 Å². The van der Waals surface area contributed by atoms with Crippen LogP contribution in [0.5, 0.6) is 0 Å². The molecule has 0 saturated carbocycles. The van der Waals surface area contributed by atoms with E-state index in [4.69, 9.17) is 0 Å². The second-order valence-corrected chi connectivity index (χ2v) is 8.84. The second kappa shape index (κ2) is 9.61. The van der Waals surface area contributed by atoms with Gasteiger partial charge < -0.3 is 15.5 Å². The van der Waals surface area contributed by atoms with Crippen molar-refractivity contribution in [2.75, 3.05) is 23.3 Å². The Morgan fingerprint density at radius 1 is 1.06 bits per heavy atom. The van der Waals surface area contributed by atoms with Crippen LogP contribution in [0.4, 0.5) is 17.5 Å². The molecule has 2 aromatic carbocycles. The molecule has 2 aliphatic heterocycles. The molecule has 1 aromatic heterocycles. The van der Waals surface area contributed by atoms with E-state index in [0.717, 1.165) is 32.4 Å². The van der Waals surface area contributed by atoms with Crippen molar-refractivity contribution < 1.29 is 14.5 Å². The first kappa shape index (κ1) is 23.2. The number of piperidine rings is 1. The molecule has 2 aliphatic rings. The standard InChI is InChI=1S/C25H24N6O5/c32-22(15-8-3-1-4-9-15)26-20-18(16-10-7-11-17(14-16)31(35)36)19-21(27-24(20)34)28-25(29-23(19)33)30-12-5-2-6-13-30/h1,3-4,7-11,14,18,20H,2,5-6,12-13H2,(H,26,32)(H2,27,28,29,33,34)/t18-,20-/m0/s1. The van der Waals surface area contributed by atoms with Crippen molar-refractivity contribution >= 4 is 29.3 Å². The molecule has 2 atom stereocenters. The highest BCUT2D eigenvalue weighted by atomic mass is 16.6. The largest absolute Gasteiger partial charge is 0.342 e. The first-order valence-electron chi connectivity index (χ1n) is 11.7. The molecule has 184 valence electrons. The van der Waals surface area contributed by atoms with Crippen molar-refractivity contribution in [2.45, 2.75) is 31.2 Å². The molecule has 3 aromatic rings. The van der Waals surface area contributed by atoms with E-state index in [2.05, 4.69) is 20.6 Å². The van der Waals surface area contributed by atoms with Crippen LogP contribution < -0.4 is 21.1 Å². The number of nitrogens with zero attached hydrogens (tertiary/aromatic N) is 3. The Kier molecular flexibility index (Phi) is 6.19. The van der Waals surface area contributed by atoms with Gasteiger partial charge in [-0.05, 0) is 37.0 Å². The number of amides is 2. The average molecular weight is 489 g/mol. The van der Waals surface area contributed by atoms with Crippen molar-refractivity contribution in [3.05, 3.63) is 91.8 Å². The molecular formula is C25H24N6O5. The summed E-state index contributed by atoms with van der Waals surface area (Å²) in [6.45, 7) is 1.47. The molecule has 0 bridgehead atoms. The monoisotopic (exact) mass is 488 g/mol. The molecule has 0 radical (unpaired) electrons. The molecule has 0 unspecified atom stereocenters. The number of benzene rings is 2. The van der Waals surface area contributed by atoms with Gasteiger partial charge in [0.25, 0.3) is 17.2 Å². The summed E-state index contributed by atoms with van der Waals surface area (Å²) in [5, 5.41) is 16.8. The number of hydrogen-bond donors (Lipinski definition) is 3. The van der Waals surface area contributed by atoms with Crippen molar-refractivity contribution in [3.8, 4) is 0 Å². The van der Waals surface area contributed by atoms with E-state index in [1.54, 1.807) is 36.4 Å². The molecule has 3 heterocycles. The van der Waals surface area contributed by atoms with Crippen molar-refractivity contribution in [1.29, 1.82) is 0 Å². The maximum absolute atomic E-state index is 13.4. The number of anilines is 2. The number of aromatic nitrogens is 2. The van der Waals surface area contributed by atoms with Crippen molar-refractivity contribution in [2.24, 2.45) is 0 Å². The summed E-state index contributed by atoms with van der Waals surface area (Å²) in [5.74, 6) is -1.61. The molecule has 1 fully saturated rings. The summed E-state index contributed by atoms with van der Waals surface area (Å²) in [5.41, 5.74) is 0.144. The van der Waals surface area contributed by atoms with Gasteiger partial charge in [0.05, 0.1) is 10.5 Å². The molecular weight excluding hydrogens is 464 g/mol. The lowest BCUT2D eigenvalue weighted by Crippen LogP contribution is -2.52. The Bertz CT molecular complexity index is 1380. The van der Waals surface area contributed by atoms with E-state index < -0.39 is 34.3 Å². The lowest BCUT2D eigenvalue weighted by atomic mass is 9.82. The molecule has 5 rings (SSSR count). The lowest BCUT2D eigenvalue weighted by Gasteiger charge is -2.34. The van der Waals surface area contributed by atoms with Crippen LogP contribution in [0.15, 0.2) is 59.4 Å². The highest BCUT2D eigenvalue weighted by Gasteiger charge is 2.41. The van der Waals surface area contributed by atoms with E-state index in [0.29, 0.717) is 17.1 Å². The predicted molar refractivity (Wildman–Crippen MR) is 132 cm³/mol. The molecule has 11 nitrogen and oxygen atoms in total. The number of non-ortho nitro benzene ring substituents is 1. The zero-order valence-electron chi connectivity index (χ0n) is 19.3. The summed E-state index contributed by atoms with van der Waals surface area (Å²) in [4.78, 5) is 59.9. The first-order chi connectivity index (χ1) is 17.4. The Hall–Kier alpha value is -4.54. The van der Waals surface area contributed by atoms with Gasteiger partial charge in [-0.25, -0.2) is 0 Å². The van der Waals surface area contributed by atoms with Gasteiger partial charge in [0.1, 0.15) is 11.9 Å². The zero-order chi connectivity index (χ0) is 25.2. The third-order valence-corrected chi connectivity index (χ3v) is 6.53. The second-order valence-electron chi connectivity index (χ2n) is 8.84. The van der Waals surface area contributed by atoms with Gasteiger partial charge in [-0.3, -0.25) is 29.5 Å². The maximum atomic E-state index is 13.4. The number of carbonyl (C=O) groups excluding carboxylic acids is 2. The van der Waals surface area contributed by atoms with Gasteiger partial charge in [0.2, 0.25) is 11.9 Å². The molecule has 2 amide bonds. The van der Waals surface area contributed by atoms with Gasteiger partial charge in [0.15, 0.2) is 0 Å². The maximum Gasteiger partial charge on any atom is 0.269 e. The van der Waals surface area contributed by atoms with E-state index in [9.17, 15) is 24.5 Å². The molecule has 3 N–H and O–H groups in total. The topological polar surface area (TPSA) is 150 Å². The fourth-order valence-electron chi connectivity index (χ4n) is 4.78. The Labute approximate surface area is 205 Å². The fourth-order valence-corrected chi connectivity index (χ4v) is 4.78. The number of rotatable bonds is 5. The number of nitrogens with one attached hydrogen (secondary N) is 3. The van der Waals surface area contributed by atoms with Crippen LogP contribution in [0.3, 0.4) is 0 Å². The summed E-state index contributed by atoms with van der Waals surface area (Å²) in [7, 11) is 0. The normalized spacial score (nSPS) is 19.2. The molecule has 36 heavy (non-hydrogen) atoms. The van der Waals surface area contributed by atoms with E-state index in [-0.39, 0.29) is 17.1 Å². The predicted octanol–water partition coefficient (Wildman–Crippen LogP) is 2.55. The van der Waals surface area contributed by atoms with Crippen LogP contribution >= 0.6 is 0 Å². The number of nitro groups is 1. The van der Waals surface area contributed by atoms with E-state index in [1.165, 1.54) is 18.2 Å². The molecule has 0 spiro atoms. The van der Waals surface area contributed by atoms with Gasteiger partial charge >= 0.3 is 0 Å². The van der Waals surface area contributed by atoms with E-state index in [1.807, 2.05) is 4.90 Å². The Balaban J connectivity index is 1.61. The number of fused-ring (bicyclic) bond motifs is 1. The molecule has 1 saturated heterocycles. The van der Waals surface area contributed by atoms with Crippen molar-refractivity contribution in [3.63, 3.8) is 0 Å². The first-order valence-corrected chi connectivity index (χ1v) is 11.7. The van der Waals surface area contributed by atoms with Crippen LogP contribution in [0, 0.1) is 10.1 Å². The molecule has 0 aliphatic carbocycles. The van der Waals surface area contributed by atoms with Crippen LogP contribution in [0.25, 0.3) is 0 Å². The number of carbonyl (C=O) groups is 2. The average Bonchev–Trinajstić information content (AvgIpc) is 2.90. The van der Waals surface area contributed by atoms with Gasteiger partial charge in [-0.1, -0.05) is 30.3 Å². The third-order valence-electron chi connectivity index (χ3n) is 6.53. The quantitative estimate of drug-likeness (QED) is 0.369. The van der Waals surface area contributed by atoms with Crippen molar-refractivity contribution in [1.82, 2.24) is 15.3 Å². The smallest absolute Gasteiger partial charge is 0.269 e. The number of H-pyrrole nitrogens is 1. The Morgan fingerprint density at radius 3 is 2.53 bits per heavy atom. The Morgan fingerprint density at radius 2 is 1.81 bits per heavy atom. The summed E-state index contributed by atoms with van der Waals surface area (Å²) in [6.07, 6.45) is 3.04. The lowest BCUT2D eigenvalue weighted by molar-refractivity contribution is -0.384. The summed E-state index contributed by atoms with van der Waals surface area (Å²) in [6, 6.07) is 12.9. The minimum absolute atomic E-state index is 0.0889. The van der Waals surface area contributed by atoms with Gasteiger partial charge in [-0.2, -0.15) is 4.98 Å². The highest BCUT2D eigenvalue weighted by molar-refractivity contribution is 6.03. The van der Waals surface area contributed by atoms with E-state index >= 15 is 0 Å². The van der Waals surface area contributed by atoms with Gasteiger partial charge in [0, 0.05) is 36.7 Å². The van der Waals surface area contributed by atoms with Crippen LogP contribution in [-0.4, -0.2) is 45.8 Å². The number of nitro benzene ring substituents is 1. The minimum Gasteiger partial charge on any atom is -0.342 e. The fraction of sp³-hybridized carbons (Fsp3) is 0.280. The van der Waals surface area contributed by atoms with Gasteiger partial charge in [-0.15, -0.1) is 0 Å². The zero-order valence-corrected chi connectivity index (χ0v) is 19.3. The number of hydrogen-bond acceptors (Lipinski definition) is 7. The summed E-state index contributed by atoms with van der Waals surface area (Å²) >= 11 is 0. The third kappa shape index (κ3) is 4.42. The molecule has 11 heteroatoms. The van der Waals surface area contributed by atoms with Crippen LogP contribution in [0.2, 0.25) is 0 Å². The minimum atomic E-state index is -1.20.